The van der Waals surface area contributed by atoms with Crippen LogP contribution in [0.3, 0.4) is 0 Å². The maximum Gasteiger partial charge on any atom is 0.152 e. The van der Waals surface area contributed by atoms with Gasteiger partial charge >= 0.3 is 0 Å². The molecule has 0 aromatic heterocycles. The molecule has 1 aliphatic carbocycles. The third-order valence-electron chi connectivity index (χ3n) is 2.81. The van der Waals surface area contributed by atoms with Crippen molar-refractivity contribution in [3.63, 3.8) is 0 Å². The predicted octanol–water partition coefficient (Wildman–Crippen LogP) is 0.734. The van der Waals surface area contributed by atoms with E-state index < -0.39 is 0 Å². The van der Waals surface area contributed by atoms with E-state index in [-0.39, 0.29) is 6.04 Å². The zero-order chi connectivity index (χ0) is 9.10. The summed E-state index contributed by atoms with van der Waals surface area (Å²) < 4.78 is 5.24. The summed E-state index contributed by atoms with van der Waals surface area (Å²) in [5, 5.41) is 3.19. The number of carbonyl (C=O) groups excluding carboxylic acids is 1. The van der Waals surface area contributed by atoms with Gasteiger partial charge in [0.15, 0.2) is 5.78 Å². The van der Waals surface area contributed by atoms with Gasteiger partial charge in [-0.25, -0.2) is 0 Å². The molecule has 0 bridgehead atoms. The number of morpholine rings is 1. The number of hydrogen-bond donors (Lipinski definition) is 1. The normalized spacial score (nSPS) is 28.8. The number of ketones is 1. The van der Waals surface area contributed by atoms with Crippen molar-refractivity contribution in [2.24, 2.45) is 5.92 Å². The Labute approximate surface area is 78.8 Å². The van der Waals surface area contributed by atoms with E-state index in [0.29, 0.717) is 12.4 Å². The summed E-state index contributed by atoms with van der Waals surface area (Å²) in [4.78, 5) is 11.6. The molecule has 74 valence electrons. The van der Waals surface area contributed by atoms with Crippen molar-refractivity contribution in [2.75, 3.05) is 19.8 Å². The second-order valence-corrected chi connectivity index (χ2v) is 4.03. The van der Waals surface area contributed by atoms with Gasteiger partial charge < -0.3 is 10.1 Å². The first kappa shape index (κ1) is 9.16. The van der Waals surface area contributed by atoms with Crippen LogP contribution in [0.15, 0.2) is 0 Å². The average Bonchev–Trinajstić information content (AvgIpc) is 2.99. The third kappa shape index (κ3) is 2.78. The van der Waals surface area contributed by atoms with E-state index >= 15 is 0 Å². The van der Waals surface area contributed by atoms with Crippen molar-refractivity contribution in [3.8, 4) is 0 Å². The number of hydrogen-bond acceptors (Lipinski definition) is 3. The van der Waals surface area contributed by atoms with Gasteiger partial charge in [0, 0.05) is 13.0 Å². The van der Waals surface area contributed by atoms with Crippen LogP contribution in [-0.4, -0.2) is 31.6 Å². The minimum atomic E-state index is -0.0208. The highest BCUT2D eigenvalue weighted by Crippen LogP contribution is 2.33. The molecule has 2 aliphatic rings. The van der Waals surface area contributed by atoms with Crippen LogP contribution in [0.1, 0.15) is 25.7 Å². The lowest BCUT2D eigenvalue weighted by Crippen LogP contribution is -2.46. The van der Waals surface area contributed by atoms with Crippen molar-refractivity contribution in [1.29, 1.82) is 0 Å². The molecule has 1 atom stereocenters. The van der Waals surface area contributed by atoms with Crippen LogP contribution in [0.2, 0.25) is 0 Å². The van der Waals surface area contributed by atoms with Crippen LogP contribution in [0.5, 0.6) is 0 Å². The topological polar surface area (TPSA) is 38.3 Å². The maximum absolute atomic E-state index is 11.6. The van der Waals surface area contributed by atoms with E-state index in [9.17, 15) is 4.79 Å². The standard InChI is InChI=1S/C10H17NO2/c12-10(4-3-8-1-2-8)9-7-13-6-5-11-9/h8-9,11H,1-7H2. The zero-order valence-corrected chi connectivity index (χ0v) is 7.92. The molecule has 13 heavy (non-hydrogen) atoms. The van der Waals surface area contributed by atoms with Crippen molar-refractivity contribution >= 4 is 5.78 Å². The summed E-state index contributed by atoms with van der Waals surface area (Å²) in [6.07, 6.45) is 4.51. The van der Waals surface area contributed by atoms with Crippen LogP contribution >= 0.6 is 0 Å². The number of ether oxygens (including phenoxy) is 1. The molecule has 1 unspecified atom stereocenters. The van der Waals surface area contributed by atoms with E-state index in [1.807, 2.05) is 0 Å². The molecule has 1 heterocycles. The Kier molecular flexibility index (Phi) is 2.96. The molecule has 1 aliphatic heterocycles. The molecule has 2 rings (SSSR count). The summed E-state index contributed by atoms with van der Waals surface area (Å²) in [7, 11) is 0. The van der Waals surface area contributed by atoms with Gasteiger partial charge in [-0.1, -0.05) is 12.8 Å². The number of rotatable bonds is 4. The lowest BCUT2D eigenvalue weighted by Gasteiger charge is -2.22. The highest BCUT2D eigenvalue weighted by atomic mass is 16.5. The minimum absolute atomic E-state index is 0.0208. The fraction of sp³-hybridized carbons (Fsp3) is 0.900. The number of Topliss-reactive ketones (excluding diaryl/α,β-unsaturated/α-hetero) is 1. The van der Waals surface area contributed by atoms with E-state index in [4.69, 9.17) is 4.74 Å². The van der Waals surface area contributed by atoms with Crippen LogP contribution in [0, 0.1) is 5.92 Å². The summed E-state index contributed by atoms with van der Waals surface area (Å²) in [5.41, 5.74) is 0. The smallest absolute Gasteiger partial charge is 0.152 e. The second kappa shape index (κ2) is 4.20. The molecule has 3 heteroatoms. The first-order chi connectivity index (χ1) is 6.36. The third-order valence-corrected chi connectivity index (χ3v) is 2.81. The number of nitrogens with one attached hydrogen (secondary N) is 1. The first-order valence-corrected chi connectivity index (χ1v) is 5.20. The van der Waals surface area contributed by atoms with Gasteiger partial charge in [-0.2, -0.15) is 0 Å². The summed E-state index contributed by atoms with van der Waals surface area (Å²) >= 11 is 0. The Balaban J connectivity index is 1.67. The molecular weight excluding hydrogens is 166 g/mol. The van der Waals surface area contributed by atoms with Crippen molar-refractivity contribution in [2.45, 2.75) is 31.7 Å². The van der Waals surface area contributed by atoms with Gasteiger partial charge in [-0.15, -0.1) is 0 Å². The predicted molar refractivity (Wildman–Crippen MR) is 49.6 cm³/mol. The molecule has 0 radical (unpaired) electrons. The van der Waals surface area contributed by atoms with E-state index in [1.54, 1.807) is 0 Å². The van der Waals surface area contributed by atoms with Crippen LogP contribution in [-0.2, 0) is 9.53 Å². The van der Waals surface area contributed by atoms with Crippen LogP contribution in [0.4, 0.5) is 0 Å². The van der Waals surface area contributed by atoms with Gasteiger partial charge in [-0.05, 0) is 12.3 Å². The molecule has 1 N–H and O–H groups in total. The molecular formula is C10H17NO2. The largest absolute Gasteiger partial charge is 0.378 e. The molecule has 0 spiro atoms. The molecule has 0 aromatic rings. The Bertz CT molecular complexity index is 183. The summed E-state index contributed by atoms with van der Waals surface area (Å²) in [6, 6.07) is -0.0208. The fourth-order valence-electron chi connectivity index (χ4n) is 1.70. The van der Waals surface area contributed by atoms with Crippen LogP contribution < -0.4 is 5.32 Å². The van der Waals surface area contributed by atoms with E-state index in [0.717, 1.165) is 31.9 Å². The minimum Gasteiger partial charge on any atom is -0.378 e. The van der Waals surface area contributed by atoms with Gasteiger partial charge in [0.2, 0.25) is 0 Å². The second-order valence-electron chi connectivity index (χ2n) is 4.03. The molecule has 3 nitrogen and oxygen atoms in total. The molecule has 2 fully saturated rings. The lowest BCUT2D eigenvalue weighted by molar-refractivity contribution is -0.123. The quantitative estimate of drug-likeness (QED) is 0.698. The van der Waals surface area contributed by atoms with Gasteiger partial charge in [-0.3, -0.25) is 4.79 Å². The first-order valence-electron chi connectivity index (χ1n) is 5.20. The van der Waals surface area contributed by atoms with Crippen molar-refractivity contribution in [1.82, 2.24) is 5.32 Å². The maximum atomic E-state index is 11.6. The number of carbonyl (C=O) groups is 1. The van der Waals surface area contributed by atoms with Gasteiger partial charge in [0.05, 0.1) is 19.3 Å². The molecule has 1 saturated carbocycles. The zero-order valence-electron chi connectivity index (χ0n) is 7.92. The fourth-order valence-corrected chi connectivity index (χ4v) is 1.70. The van der Waals surface area contributed by atoms with E-state index in [2.05, 4.69) is 5.32 Å². The molecule has 1 saturated heterocycles. The van der Waals surface area contributed by atoms with Gasteiger partial charge in [0.1, 0.15) is 0 Å². The Morgan fingerprint density at radius 3 is 2.92 bits per heavy atom. The Morgan fingerprint density at radius 1 is 1.46 bits per heavy atom. The lowest BCUT2D eigenvalue weighted by atomic mass is 10.1. The molecule has 0 amide bonds. The highest BCUT2D eigenvalue weighted by molar-refractivity contribution is 5.84. The monoisotopic (exact) mass is 183 g/mol. The average molecular weight is 183 g/mol. The Morgan fingerprint density at radius 2 is 2.31 bits per heavy atom. The summed E-state index contributed by atoms with van der Waals surface area (Å²) in [5.74, 6) is 1.19. The SMILES string of the molecule is O=C(CCC1CC1)C1COCCN1. The summed E-state index contributed by atoms with van der Waals surface area (Å²) in [6.45, 7) is 2.13. The van der Waals surface area contributed by atoms with Gasteiger partial charge in [0.25, 0.3) is 0 Å². The Hall–Kier alpha value is -0.410. The van der Waals surface area contributed by atoms with E-state index in [1.165, 1.54) is 12.8 Å². The van der Waals surface area contributed by atoms with Crippen LogP contribution in [0.25, 0.3) is 0 Å². The highest BCUT2D eigenvalue weighted by Gasteiger charge is 2.25. The van der Waals surface area contributed by atoms with Crippen molar-refractivity contribution < 1.29 is 9.53 Å². The molecule has 0 aromatic carbocycles. The van der Waals surface area contributed by atoms with Crippen molar-refractivity contribution in [3.05, 3.63) is 0 Å².